The average Bonchev–Trinajstić information content (AvgIpc) is 2.64. The van der Waals surface area contributed by atoms with Gasteiger partial charge >= 0.3 is 6.09 Å². The number of carbonyl (C=O) groups is 2. The summed E-state index contributed by atoms with van der Waals surface area (Å²) in [6, 6.07) is 9.25. The lowest BCUT2D eigenvalue weighted by Gasteiger charge is -2.37. The van der Waals surface area contributed by atoms with Gasteiger partial charge < -0.3 is 20.3 Å². The van der Waals surface area contributed by atoms with Crippen LogP contribution < -0.4 is 5.73 Å². The summed E-state index contributed by atoms with van der Waals surface area (Å²) >= 11 is 0. The van der Waals surface area contributed by atoms with E-state index in [0.717, 1.165) is 18.4 Å². The van der Waals surface area contributed by atoms with Crippen molar-refractivity contribution in [2.75, 3.05) is 19.6 Å². The van der Waals surface area contributed by atoms with Crippen LogP contribution in [0.4, 0.5) is 4.79 Å². The Morgan fingerprint density at radius 2 is 1.96 bits per heavy atom. The van der Waals surface area contributed by atoms with Crippen LogP contribution in [0.15, 0.2) is 30.3 Å². The maximum Gasteiger partial charge on any atom is 0.410 e. The van der Waals surface area contributed by atoms with E-state index in [1.807, 2.05) is 49.1 Å². The van der Waals surface area contributed by atoms with Crippen LogP contribution in [0.5, 0.6) is 0 Å². The van der Waals surface area contributed by atoms with Crippen LogP contribution in [0.25, 0.3) is 0 Å². The molecule has 1 heterocycles. The largest absolute Gasteiger partial charge is 0.445 e. The van der Waals surface area contributed by atoms with Gasteiger partial charge in [0.1, 0.15) is 6.61 Å². The number of hydrogen-bond donors (Lipinski definition) is 1. The number of nitrogens with two attached hydrogens (primary N) is 1. The fourth-order valence-electron chi connectivity index (χ4n) is 3.29. The molecule has 0 unspecified atom stereocenters. The van der Waals surface area contributed by atoms with E-state index in [4.69, 9.17) is 10.5 Å². The fourth-order valence-corrected chi connectivity index (χ4v) is 3.29. The van der Waals surface area contributed by atoms with E-state index in [0.29, 0.717) is 19.6 Å². The quantitative estimate of drug-likeness (QED) is 0.845. The minimum absolute atomic E-state index is 0.0382. The summed E-state index contributed by atoms with van der Waals surface area (Å²) in [7, 11) is 0. The zero-order valence-corrected chi connectivity index (χ0v) is 16.1. The van der Waals surface area contributed by atoms with Crippen molar-refractivity contribution in [3.63, 3.8) is 0 Å². The van der Waals surface area contributed by atoms with Gasteiger partial charge in [-0.15, -0.1) is 0 Å². The SMILES string of the molecule is CC(C)N(C[C@H]1CCCN(C(=O)OCc2ccccc2)C1)C(=O)[C@H](C)N. The third-order valence-corrected chi connectivity index (χ3v) is 4.73. The molecule has 144 valence electrons. The molecule has 1 aromatic rings. The van der Waals surface area contributed by atoms with Crippen LogP contribution >= 0.6 is 0 Å². The van der Waals surface area contributed by atoms with Crippen LogP contribution in [0.3, 0.4) is 0 Å². The zero-order valence-electron chi connectivity index (χ0n) is 16.1. The molecule has 1 fully saturated rings. The Labute approximate surface area is 156 Å². The molecule has 6 nitrogen and oxygen atoms in total. The number of likely N-dealkylation sites (tertiary alicyclic amines) is 1. The predicted molar refractivity (Wildman–Crippen MR) is 101 cm³/mol. The molecule has 0 spiro atoms. The minimum atomic E-state index is -0.507. The molecule has 0 aromatic heterocycles. The molecule has 0 radical (unpaired) electrons. The van der Waals surface area contributed by atoms with E-state index < -0.39 is 6.04 Å². The van der Waals surface area contributed by atoms with E-state index in [-0.39, 0.29) is 30.6 Å². The van der Waals surface area contributed by atoms with E-state index in [1.54, 1.807) is 11.8 Å². The number of benzene rings is 1. The van der Waals surface area contributed by atoms with Crippen molar-refractivity contribution in [1.29, 1.82) is 0 Å². The summed E-state index contributed by atoms with van der Waals surface area (Å²) in [6.07, 6.45) is 1.63. The lowest BCUT2D eigenvalue weighted by molar-refractivity contribution is -0.134. The van der Waals surface area contributed by atoms with Crippen LogP contribution in [0.2, 0.25) is 0 Å². The molecule has 1 saturated heterocycles. The second kappa shape index (κ2) is 9.57. The molecule has 2 atom stereocenters. The second-order valence-electron chi connectivity index (χ2n) is 7.37. The van der Waals surface area contributed by atoms with Gasteiger partial charge in [-0.25, -0.2) is 4.79 Å². The second-order valence-corrected chi connectivity index (χ2v) is 7.37. The van der Waals surface area contributed by atoms with Gasteiger partial charge in [-0.2, -0.15) is 0 Å². The van der Waals surface area contributed by atoms with E-state index in [9.17, 15) is 9.59 Å². The molecule has 2 N–H and O–H groups in total. The summed E-state index contributed by atoms with van der Waals surface area (Å²) in [5, 5.41) is 0. The van der Waals surface area contributed by atoms with Crippen LogP contribution in [0, 0.1) is 5.92 Å². The molecular formula is C20H31N3O3. The number of ether oxygens (including phenoxy) is 1. The van der Waals surface area contributed by atoms with Crippen molar-refractivity contribution in [1.82, 2.24) is 9.80 Å². The van der Waals surface area contributed by atoms with Gasteiger partial charge in [-0.1, -0.05) is 30.3 Å². The first-order valence-corrected chi connectivity index (χ1v) is 9.40. The Balaban J connectivity index is 1.89. The maximum atomic E-state index is 12.4. The van der Waals surface area contributed by atoms with Gasteiger partial charge in [0.05, 0.1) is 6.04 Å². The van der Waals surface area contributed by atoms with Gasteiger partial charge in [-0.05, 0) is 45.1 Å². The van der Waals surface area contributed by atoms with E-state index in [1.165, 1.54) is 0 Å². The fraction of sp³-hybridized carbons (Fsp3) is 0.600. The van der Waals surface area contributed by atoms with Gasteiger partial charge in [0, 0.05) is 25.7 Å². The first-order chi connectivity index (χ1) is 12.4. The smallest absolute Gasteiger partial charge is 0.410 e. The molecule has 26 heavy (non-hydrogen) atoms. The third kappa shape index (κ3) is 5.73. The lowest BCUT2D eigenvalue weighted by Crippen LogP contribution is -2.50. The van der Waals surface area contributed by atoms with Crippen molar-refractivity contribution in [3.05, 3.63) is 35.9 Å². The van der Waals surface area contributed by atoms with E-state index in [2.05, 4.69) is 0 Å². The Hall–Kier alpha value is -2.08. The third-order valence-electron chi connectivity index (χ3n) is 4.73. The Morgan fingerprint density at radius 3 is 2.58 bits per heavy atom. The highest BCUT2D eigenvalue weighted by atomic mass is 16.6. The monoisotopic (exact) mass is 361 g/mol. The first kappa shape index (κ1) is 20.2. The highest BCUT2D eigenvalue weighted by Gasteiger charge is 2.29. The molecule has 1 aliphatic rings. The normalized spacial score (nSPS) is 18.5. The van der Waals surface area contributed by atoms with E-state index >= 15 is 0 Å². The number of carbonyl (C=O) groups excluding carboxylic acids is 2. The van der Waals surface area contributed by atoms with Crippen molar-refractivity contribution < 1.29 is 14.3 Å². The van der Waals surface area contributed by atoms with Gasteiger partial charge in [0.2, 0.25) is 5.91 Å². The Morgan fingerprint density at radius 1 is 1.27 bits per heavy atom. The molecular weight excluding hydrogens is 330 g/mol. The van der Waals surface area contributed by atoms with Crippen LogP contribution in [-0.4, -0.2) is 53.5 Å². The molecule has 0 bridgehead atoms. The first-order valence-electron chi connectivity index (χ1n) is 9.40. The summed E-state index contributed by atoms with van der Waals surface area (Å²) in [5.41, 5.74) is 6.75. The van der Waals surface area contributed by atoms with Gasteiger partial charge in [-0.3, -0.25) is 4.79 Å². The number of hydrogen-bond acceptors (Lipinski definition) is 4. The molecule has 2 amide bonds. The molecule has 2 rings (SSSR count). The highest BCUT2D eigenvalue weighted by Crippen LogP contribution is 2.20. The van der Waals surface area contributed by atoms with Crippen molar-refractivity contribution in [2.24, 2.45) is 11.7 Å². The standard InChI is InChI=1S/C20H31N3O3/c1-15(2)23(19(24)16(3)21)13-18-10-7-11-22(12-18)20(25)26-14-17-8-5-4-6-9-17/h4-6,8-9,15-16,18H,7,10-14,21H2,1-3H3/t16-,18-/m0/s1. The van der Waals surface area contributed by atoms with Crippen molar-refractivity contribution in [2.45, 2.75) is 52.3 Å². The summed E-state index contributed by atoms with van der Waals surface area (Å²) < 4.78 is 5.44. The number of nitrogens with zero attached hydrogens (tertiary/aromatic N) is 2. The maximum absolute atomic E-state index is 12.4. The zero-order chi connectivity index (χ0) is 19.1. The molecule has 6 heteroatoms. The Bertz CT molecular complexity index is 589. The van der Waals surface area contributed by atoms with Crippen LogP contribution in [0.1, 0.15) is 39.2 Å². The average molecular weight is 361 g/mol. The predicted octanol–water partition coefficient (Wildman–Crippen LogP) is 2.62. The Kier molecular flexibility index (Phi) is 7.45. The number of piperidine rings is 1. The topological polar surface area (TPSA) is 75.9 Å². The molecule has 0 saturated carbocycles. The van der Waals surface area contributed by atoms with Crippen molar-refractivity contribution in [3.8, 4) is 0 Å². The van der Waals surface area contributed by atoms with Gasteiger partial charge in [0.15, 0.2) is 0 Å². The lowest BCUT2D eigenvalue weighted by atomic mass is 9.97. The molecule has 0 aliphatic carbocycles. The molecule has 1 aromatic carbocycles. The highest BCUT2D eigenvalue weighted by molar-refractivity contribution is 5.81. The summed E-state index contributed by atoms with van der Waals surface area (Å²) in [4.78, 5) is 28.3. The van der Waals surface area contributed by atoms with Crippen molar-refractivity contribution >= 4 is 12.0 Å². The number of amides is 2. The summed E-state index contributed by atoms with van der Waals surface area (Å²) in [6.45, 7) is 7.93. The minimum Gasteiger partial charge on any atom is -0.445 e. The summed E-state index contributed by atoms with van der Waals surface area (Å²) in [5.74, 6) is 0.210. The van der Waals surface area contributed by atoms with Gasteiger partial charge in [0.25, 0.3) is 0 Å². The molecule has 1 aliphatic heterocycles. The van der Waals surface area contributed by atoms with Crippen LogP contribution in [-0.2, 0) is 16.1 Å². The number of rotatable bonds is 6.